The van der Waals surface area contributed by atoms with E-state index >= 15 is 0 Å². The number of hydrogen-bond acceptors (Lipinski definition) is 11. The van der Waals surface area contributed by atoms with Crippen LogP contribution in [0.1, 0.15) is 62.5 Å². The number of hydrogen-bond donors (Lipinski definition) is 10. The van der Waals surface area contributed by atoms with Crippen LogP contribution >= 0.6 is 0 Å². The van der Waals surface area contributed by atoms with Crippen LogP contribution in [0.15, 0.2) is 65.7 Å². The van der Waals surface area contributed by atoms with Crippen LogP contribution in [-0.4, -0.2) is 155 Å². The van der Waals surface area contributed by atoms with Crippen LogP contribution < -0.4 is 43.4 Å². The summed E-state index contributed by atoms with van der Waals surface area (Å²) in [5.41, 5.74) is 12.0. The number of aliphatic carboxylic acids is 1. The van der Waals surface area contributed by atoms with E-state index in [1.165, 1.54) is 4.90 Å². The Morgan fingerprint density at radius 2 is 1.28 bits per heavy atom. The van der Waals surface area contributed by atoms with Gasteiger partial charge < -0.3 is 63.4 Å². The molecule has 0 aliphatic carbocycles. The number of amides is 7. The van der Waals surface area contributed by atoms with Crippen molar-refractivity contribution in [2.75, 3.05) is 39.3 Å². The number of carbonyl (C=O) groups is 8. The number of nitrogens with one attached hydrogen (secondary N) is 6. The second-order valence-electron chi connectivity index (χ2n) is 16.4. The third-order valence-electron chi connectivity index (χ3n) is 11.7. The fraction of sp³-hybridized carbons (Fsp3) is 0.523. The fourth-order valence-corrected chi connectivity index (χ4v) is 8.31. The van der Waals surface area contributed by atoms with E-state index in [9.17, 15) is 48.6 Å². The number of carbonyl (C=O) groups excluding carboxylic acids is 7. The summed E-state index contributed by atoms with van der Waals surface area (Å²) in [5, 5.41) is 36.4. The maximum absolute atomic E-state index is 14.0. The summed E-state index contributed by atoms with van der Waals surface area (Å²) in [4.78, 5) is 114. The van der Waals surface area contributed by atoms with Crippen LogP contribution in [0.4, 0.5) is 0 Å². The number of carboxylic acids is 1. The topological polar surface area (TPSA) is 320 Å². The van der Waals surface area contributed by atoms with Crippen molar-refractivity contribution < 1.29 is 48.6 Å². The van der Waals surface area contributed by atoms with Gasteiger partial charge in [-0.05, 0) is 69.0 Å². The molecule has 3 unspecified atom stereocenters. The summed E-state index contributed by atoms with van der Waals surface area (Å²) >= 11 is 0. The molecule has 0 radical (unpaired) electrons. The molecule has 3 aliphatic rings. The maximum atomic E-state index is 14.0. The zero-order chi connectivity index (χ0) is 46.9. The van der Waals surface area contributed by atoms with Crippen LogP contribution in [0.25, 0.3) is 0 Å². The Balaban J connectivity index is 1.23. The highest BCUT2D eigenvalue weighted by molar-refractivity contribution is 5.97. The summed E-state index contributed by atoms with van der Waals surface area (Å²) in [7, 11) is 0. The van der Waals surface area contributed by atoms with Gasteiger partial charge in [0, 0.05) is 32.5 Å². The second kappa shape index (κ2) is 24.5. The number of benzene rings is 2. The highest BCUT2D eigenvalue weighted by Crippen LogP contribution is 2.22. The highest BCUT2D eigenvalue weighted by Gasteiger charge is 2.41. The van der Waals surface area contributed by atoms with Crippen molar-refractivity contribution in [2.24, 2.45) is 16.5 Å². The Labute approximate surface area is 376 Å². The van der Waals surface area contributed by atoms with Crippen molar-refractivity contribution in [3.8, 4) is 0 Å². The highest BCUT2D eigenvalue weighted by atomic mass is 16.4. The van der Waals surface area contributed by atoms with Gasteiger partial charge in [-0.15, -0.1) is 0 Å². The number of aliphatic hydroxyl groups excluding tert-OH is 1. The minimum Gasteiger partial charge on any atom is -0.480 e. The van der Waals surface area contributed by atoms with Crippen LogP contribution in [0.5, 0.6) is 0 Å². The lowest BCUT2D eigenvalue weighted by Gasteiger charge is -2.30. The summed E-state index contributed by atoms with van der Waals surface area (Å²) < 4.78 is 0. The van der Waals surface area contributed by atoms with E-state index in [2.05, 4.69) is 36.9 Å². The number of nitrogens with two attached hydrogens (primary N) is 2. The van der Waals surface area contributed by atoms with Gasteiger partial charge in [0.1, 0.15) is 36.3 Å². The van der Waals surface area contributed by atoms with Gasteiger partial charge in [0.05, 0.1) is 19.2 Å². The van der Waals surface area contributed by atoms with Crippen molar-refractivity contribution in [2.45, 2.75) is 107 Å². The molecule has 0 saturated carbocycles. The first-order chi connectivity index (χ1) is 31.2. The smallest absolute Gasteiger partial charge is 0.326 e. The molecule has 21 nitrogen and oxygen atoms in total. The molecule has 7 atom stereocenters. The van der Waals surface area contributed by atoms with Crippen molar-refractivity contribution in [3.63, 3.8) is 0 Å². The van der Waals surface area contributed by atoms with Crippen LogP contribution in [-0.2, 0) is 51.2 Å². The quantitative estimate of drug-likeness (QED) is 0.0330. The number of nitrogens with zero attached hydrogens (tertiary/aromatic N) is 3. The van der Waals surface area contributed by atoms with E-state index in [1.807, 2.05) is 0 Å². The lowest BCUT2D eigenvalue weighted by molar-refractivity contribution is -0.144. The molecule has 21 heteroatoms. The molecular formula is C44H61N11O10. The predicted octanol–water partition coefficient (Wildman–Crippen LogP) is -2.61. The molecule has 5 rings (SSSR count). The van der Waals surface area contributed by atoms with Crippen molar-refractivity contribution in [3.05, 3.63) is 71.8 Å². The first kappa shape index (κ1) is 49.4. The standard InChI is InChI=1S/C44H61N11O10/c45-44(46)48-20-8-16-30(43(64)65)51-38(59)32(24-28-13-5-2-6-14-28)52-40(61)35-18-10-22-55(35)42(63)33(26-56)53-37(58)31(23-27-11-3-1-4-12-27)50-36(57)25-49-39(60)34-17-9-21-54(34)41(62)29-15-7-19-47-29/h1-6,11-14,29-35,47,56H,7-10,15-26H2,(H,49,60)(H,50,57)(H,51,59)(H,52,61)(H,53,58)(H,64,65)(H4,45,46,48)/t29-,30-,31?,32?,33?,34-,35-/m0/s1. The molecule has 352 valence electrons. The average molecular weight is 904 g/mol. The molecule has 3 fully saturated rings. The third kappa shape index (κ3) is 14.4. The van der Waals surface area contributed by atoms with Crippen LogP contribution in [0, 0.1) is 0 Å². The molecule has 2 aromatic carbocycles. The Morgan fingerprint density at radius 3 is 1.83 bits per heavy atom. The molecule has 7 amide bonds. The van der Waals surface area contributed by atoms with E-state index in [0.717, 1.165) is 13.0 Å². The molecule has 3 saturated heterocycles. The molecule has 0 spiro atoms. The lowest BCUT2D eigenvalue weighted by atomic mass is 10.0. The van der Waals surface area contributed by atoms with Crippen molar-refractivity contribution >= 4 is 53.3 Å². The van der Waals surface area contributed by atoms with E-state index in [1.54, 1.807) is 65.6 Å². The molecule has 0 aromatic heterocycles. The first-order valence-electron chi connectivity index (χ1n) is 22.0. The Kier molecular flexibility index (Phi) is 18.6. The minimum absolute atomic E-state index is 0.00348. The van der Waals surface area contributed by atoms with Gasteiger partial charge in [-0.2, -0.15) is 0 Å². The monoisotopic (exact) mass is 903 g/mol. The third-order valence-corrected chi connectivity index (χ3v) is 11.7. The summed E-state index contributed by atoms with van der Waals surface area (Å²) in [6.07, 6.45) is 3.42. The normalized spacial score (nSPS) is 19.8. The first-order valence-corrected chi connectivity index (χ1v) is 22.0. The van der Waals surface area contributed by atoms with Gasteiger partial charge in [0.15, 0.2) is 5.96 Å². The zero-order valence-corrected chi connectivity index (χ0v) is 36.3. The van der Waals surface area contributed by atoms with Gasteiger partial charge >= 0.3 is 5.97 Å². The second-order valence-corrected chi connectivity index (χ2v) is 16.4. The number of aliphatic hydroxyl groups is 1. The summed E-state index contributed by atoms with van der Waals surface area (Å²) in [6.45, 7) is 0.0243. The maximum Gasteiger partial charge on any atom is 0.326 e. The molecule has 12 N–H and O–H groups in total. The zero-order valence-electron chi connectivity index (χ0n) is 36.3. The van der Waals surface area contributed by atoms with Crippen molar-refractivity contribution in [1.82, 2.24) is 41.7 Å². The molecule has 0 bridgehead atoms. The number of aliphatic imine (C=N–C) groups is 1. The molecule has 3 heterocycles. The lowest BCUT2D eigenvalue weighted by Crippen LogP contribution is -2.60. The minimum atomic E-state index is -1.54. The van der Waals surface area contributed by atoms with Gasteiger partial charge in [-0.1, -0.05) is 60.7 Å². The summed E-state index contributed by atoms with van der Waals surface area (Å²) in [6, 6.07) is 9.92. The summed E-state index contributed by atoms with van der Waals surface area (Å²) in [5.74, 6) is -5.87. The van der Waals surface area contributed by atoms with E-state index in [4.69, 9.17) is 11.5 Å². The Morgan fingerprint density at radius 1 is 0.708 bits per heavy atom. The Bertz CT molecular complexity index is 2010. The number of guanidine groups is 1. The molecular weight excluding hydrogens is 843 g/mol. The van der Waals surface area contributed by atoms with Gasteiger partial charge in [0.25, 0.3) is 0 Å². The van der Waals surface area contributed by atoms with Gasteiger partial charge in [-0.25, -0.2) is 4.79 Å². The average Bonchev–Trinajstić information content (AvgIpc) is 4.12. The largest absolute Gasteiger partial charge is 0.480 e. The molecule has 3 aliphatic heterocycles. The van der Waals surface area contributed by atoms with E-state index < -0.39 is 90.8 Å². The Hall–Kier alpha value is -6.61. The molecule has 2 aromatic rings. The number of likely N-dealkylation sites (tertiary alicyclic amines) is 2. The SMILES string of the molecule is NC(N)=NCCC[C@H](NC(=O)C(Cc1ccccc1)NC(=O)[C@@H]1CCCN1C(=O)C(CO)NC(=O)C(Cc1ccccc1)NC(=O)CNC(=O)[C@@H]1CCCN1C(=O)[C@@H]1CCCN1)C(=O)O. The predicted molar refractivity (Wildman–Crippen MR) is 236 cm³/mol. The van der Waals surface area contributed by atoms with Gasteiger partial charge in [0.2, 0.25) is 41.4 Å². The van der Waals surface area contributed by atoms with Gasteiger partial charge in [-0.3, -0.25) is 38.6 Å². The van der Waals surface area contributed by atoms with E-state index in [0.29, 0.717) is 43.4 Å². The number of rotatable bonds is 22. The van der Waals surface area contributed by atoms with Crippen LogP contribution in [0.3, 0.4) is 0 Å². The van der Waals surface area contributed by atoms with E-state index in [-0.39, 0.29) is 63.1 Å². The molecule has 65 heavy (non-hydrogen) atoms. The number of carboxylic acid groups (broad SMARTS) is 1. The fourth-order valence-electron chi connectivity index (χ4n) is 8.31. The van der Waals surface area contributed by atoms with Crippen molar-refractivity contribution in [1.29, 1.82) is 0 Å². The van der Waals surface area contributed by atoms with Crippen LogP contribution in [0.2, 0.25) is 0 Å².